The fourth-order valence-electron chi connectivity index (χ4n) is 2.86. The molecule has 112 valence electrons. The lowest BCUT2D eigenvalue weighted by Crippen LogP contribution is -2.46. The SMILES string of the molecule is CC1CC(NS(=O)(=O)c2ccc3ccccc3c2)CCN1. The number of benzene rings is 2. The average molecular weight is 304 g/mol. The third kappa shape index (κ3) is 3.26. The van der Waals surface area contributed by atoms with Gasteiger partial charge in [0.15, 0.2) is 0 Å². The summed E-state index contributed by atoms with van der Waals surface area (Å²) in [7, 11) is -3.45. The zero-order valence-electron chi connectivity index (χ0n) is 12.0. The lowest BCUT2D eigenvalue weighted by Gasteiger charge is -2.28. The first-order valence-corrected chi connectivity index (χ1v) is 8.77. The Kier molecular flexibility index (Phi) is 3.97. The van der Waals surface area contributed by atoms with Crippen molar-refractivity contribution in [1.29, 1.82) is 0 Å². The highest BCUT2D eigenvalue weighted by atomic mass is 32.2. The first kappa shape index (κ1) is 14.5. The van der Waals surface area contributed by atoms with Gasteiger partial charge in [0, 0.05) is 12.1 Å². The smallest absolute Gasteiger partial charge is 0.240 e. The summed E-state index contributed by atoms with van der Waals surface area (Å²) in [6, 6.07) is 13.4. The highest BCUT2D eigenvalue weighted by Gasteiger charge is 2.24. The maximum atomic E-state index is 12.5. The van der Waals surface area contributed by atoms with Gasteiger partial charge in [0.05, 0.1) is 4.90 Å². The number of fused-ring (bicyclic) bond motifs is 1. The van der Waals surface area contributed by atoms with E-state index in [9.17, 15) is 8.42 Å². The standard InChI is InChI=1S/C16H20N2O2S/c1-12-10-15(8-9-17-12)18-21(19,20)16-7-6-13-4-2-3-5-14(13)11-16/h2-7,11-12,15,17-18H,8-10H2,1H3. The van der Waals surface area contributed by atoms with E-state index in [1.807, 2.05) is 30.3 Å². The van der Waals surface area contributed by atoms with Gasteiger partial charge in [0.1, 0.15) is 0 Å². The molecule has 3 rings (SSSR count). The Morgan fingerprint density at radius 1 is 1.14 bits per heavy atom. The highest BCUT2D eigenvalue weighted by molar-refractivity contribution is 7.89. The second-order valence-corrected chi connectivity index (χ2v) is 7.42. The normalized spacial score (nSPS) is 23.3. The van der Waals surface area contributed by atoms with Crippen LogP contribution in [-0.2, 0) is 10.0 Å². The van der Waals surface area contributed by atoms with Crippen LogP contribution in [0.15, 0.2) is 47.4 Å². The molecular formula is C16H20N2O2S. The maximum Gasteiger partial charge on any atom is 0.240 e. The topological polar surface area (TPSA) is 58.2 Å². The van der Waals surface area contributed by atoms with Crippen LogP contribution in [0.1, 0.15) is 19.8 Å². The van der Waals surface area contributed by atoms with Crippen molar-refractivity contribution in [3.63, 3.8) is 0 Å². The van der Waals surface area contributed by atoms with E-state index in [1.54, 1.807) is 12.1 Å². The van der Waals surface area contributed by atoms with E-state index >= 15 is 0 Å². The predicted molar refractivity (Wildman–Crippen MR) is 84.8 cm³/mol. The molecule has 0 aromatic heterocycles. The molecule has 2 N–H and O–H groups in total. The predicted octanol–water partition coefficient (Wildman–Crippen LogP) is 2.26. The largest absolute Gasteiger partial charge is 0.314 e. The number of rotatable bonds is 3. The van der Waals surface area contributed by atoms with Crippen molar-refractivity contribution < 1.29 is 8.42 Å². The van der Waals surface area contributed by atoms with Crippen LogP contribution in [0.4, 0.5) is 0 Å². The zero-order valence-corrected chi connectivity index (χ0v) is 12.9. The Morgan fingerprint density at radius 3 is 2.67 bits per heavy atom. The van der Waals surface area contributed by atoms with Gasteiger partial charge >= 0.3 is 0 Å². The second kappa shape index (κ2) is 5.75. The second-order valence-electron chi connectivity index (χ2n) is 5.71. The van der Waals surface area contributed by atoms with Crippen LogP contribution in [0.2, 0.25) is 0 Å². The molecule has 2 atom stereocenters. The summed E-state index contributed by atoms with van der Waals surface area (Å²) in [6.45, 7) is 2.93. The van der Waals surface area contributed by atoms with E-state index in [-0.39, 0.29) is 6.04 Å². The van der Waals surface area contributed by atoms with Crippen LogP contribution in [0.3, 0.4) is 0 Å². The summed E-state index contributed by atoms with van der Waals surface area (Å²) in [5, 5.41) is 5.32. The molecule has 2 aromatic carbocycles. The molecule has 0 aliphatic carbocycles. The molecule has 0 bridgehead atoms. The summed E-state index contributed by atoms with van der Waals surface area (Å²) in [6.07, 6.45) is 1.66. The van der Waals surface area contributed by atoms with Crippen LogP contribution in [0.25, 0.3) is 10.8 Å². The van der Waals surface area contributed by atoms with Crippen LogP contribution in [0.5, 0.6) is 0 Å². The Bertz CT molecular complexity index is 743. The summed E-state index contributed by atoms with van der Waals surface area (Å²) < 4.78 is 27.9. The number of hydrogen-bond acceptors (Lipinski definition) is 3. The van der Waals surface area contributed by atoms with Crippen LogP contribution in [0, 0.1) is 0 Å². The van der Waals surface area contributed by atoms with E-state index < -0.39 is 10.0 Å². The molecule has 0 spiro atoms. The van der Waals surface area contributed by atoms with E-state index in [1.165, 1.54) is 0 Å². The number of piperidine rings is 1. The van der Waals surface area contributed by atoms with Crippen LogP contribution >= 0.6 is 0 Å². The first-order chi connectivity index (χ1) is 10.0. The molecule has 1 aliphatic heterocycles. The Balaban J connectivity index is 1.85. The van der Waals surface area contributed by atoms with Crippen LogP contribution in [-0.4, -0.2) is 27.0 Å². The molecule has 1 aliphatic rings. The summed E-state index contributed by atoms with van der Waals surface area (Å²) in [4.78, 5) is 0.340. The zero-order chi connectivity index (χ0) is 14.9. The van der Waals surface area contributed by atoms with Gasteiger partial charge in [-0.15, -0.1) is 0 Å². The molecule has 1 heterocycles. The molecule has 2 aromatic rings. The summed E-state index contributed by atoms with van der Waals surface area (Å²) in [5.74, 6) is 0. The minimum atomic E-state index is -3.45. The van der Waals surface area contributed by atoms with Gasteiger partial charge in [0.2, 0.25) is 10.0 Å². The van der Waals surface area contributed by atoms with Crippen molar-refractivity contribution in [3.05, 3.63) is 42.5 Å². The van der Waals surface area contributed by atoms with Crippen LogP contribution < -0.4 is 10.0 Å². The molecule has 5 heteroatoms. The summed E-state index contributed by atoms with van der Waals surface area (Å²) in [5.41, 5.74) is 0. The van der Waals surface area contributed by atoms with E-state index in [4.69, 9.17) is 0 Å². The van der Waals surface area contributed by atoms with E-state index in [2.05, 4.69) is 17.0 Å². The third-order valence-electron chi connectivity index (χ3n) is 3.98. The molecule has 0 radical (unpaired) electrons. The van der Waals surface area contributed by atoms with Gasteiger partial charge in [-0.25, -0.2) is 13.1 Å². The Morgan fingerprint density at radius 2 is 1.90 bits per heavy atom. The van der Waals surface area contributed by atoms with Crippen molar-refractivity contribution in [2.75, 3.05) is 6.54 Å². The molecule has 4 nitrogen and oxygen atoms in total. The lowest BCUT2D eigenvalue weighted by atomic mass is 10.0. The Labute approximate surface area is 125 Å². The van der Waals surface area contributed by atoms with Gasteiger partial charge in [-0.05, 0) is 49.2 Å². The van der Waals surface area contributed by atoms with Gasteiger partial charge < -0.3 is 5.32 Å². The fourth-order valence-corrected chi connectivity index (χ4v) is 4.18. The number of hydrogen-bond donors (Lipinski definition) is 2. The highest BCUT2D eigenvalue weighted by Crippen LogP contribution is 2.20. The molecule has 2 unspecified atom stereocenters. The van der Waals surface area contributed by atoms with Crippen molar-refractivity contribution in [2.45, 2.75) is 36.7 Å². The monoisotopic (exact) mass is 304 g/mol. The molecular weight excluding hydrogens is 284 g/mol. The van der Waals surface area contributed by atoms with E-state index in [0.717, 1.165) is 30.2 Å². The molecule has 1 saturated heterocycles. The average Bonchev–Trinajstić information content (AvgIpc) is 2.46. The number of nitrogens with one attached hydrogen (secondary N) is 2. The van der Waals surface area contributed by atoms with Crippen molar-refractivity contribution in [3.8, 4) is 0 Å². The molecule has 0 saturated carbocycles. The van der Waals surface area contributed by atoms with Crippen molar-refractivity contribution >= 4 is 20.8 Å². The van der Waals surface area contributed by atoms with Crippen molar-refractivity contribution in [2.24, 2.45) is 0 Å². The van der Waals surface area contributed by atoms with Gasteiger partial charge in [-0.1, -0.05) is 30.3 Å². The lowest BCUT2D eigenvalue weighted by molar-refractivity contribution is 0.361. The minimum absolute atomic E-state index is 0.0118. The molecule has 0 amide bonds. The minimum Gasteiger partial charge on any atom is -0.314 e. The summed E-state index contributed by atoms with van der Waals surface area (Å²) >= 11 is 0. The fraction of sp³-hybridized carbons (Fsp3) is 0.375. The maximum absolute atomic E-state index is 12.5. The van der Waals surface area contributed by atoms with Crippen molar-refractivity contribution in [1.82, 2.24) is 10.0 Å². The quantitative estimate of drug-likeness (QED) is 0.914. The van der Waals surface area contributed by atoms with Gasteiger partial charge in [-0.2, -0.15) is 0 Å². The molecule has 1 fully saturated rings. The number of sulfonamides is 1. The van der Waals surface area contributed by atoms with E-state index in [0.29, 0.717) is 10.9 Å². The van der Waals surface area contributed by atoms with Gasteiger partial charge in [-0.3, -0.25) is 0 Å². The molecule has 21 heavy (non-hydrogen) atoms. The van der Waals surface area contributed by atoms with Gasteiger partial charge in [0.25, 0.3) is 0 Å². The first-order valence-electron chi connectivity index (χ1n) is 7.29. The third-order valence-corrected chi connectivity index (χ3v) is 5.49. The Hall–Kier alpha value is -1.43.